The number of fused-ring (bicyclic) bond motifs is 1. The molecule has 0 aromatic carbocycles. The van der Waals surface area contributed by atoms with Gasteiger partial charge in [0.1, 0.15) is 54.8 Å². The van der Waals surface area contributed by atoms with Gasteiger partial charge in [-0.15, -0.1) is 0 Å². The average Bonchev–Trinajstić information content (AvgIpc) is 3.83. The zero-order valence-corrected chi connectivity index (χ0v) is 33.6. The summed E-state index contributed by atoms with van der Waals surface area (Å²) in [7, 11) is -4.61. The van der Waals surface area contributed by atoms with Crippen molar-refractivity contribution >= 4 is 13.7 Å². The quantitative estimate of drug-likeness (QED) is 0.0530. The van der Waals surface area contributed by atoms with E-state index in [9.17, 15) is 14.7 Å². The third-order valence-corrected chi connectivity index (χ3v) is 11.0. The van der Waals surface area contributed by atoms with E-state index in [1.165, 1.54) is 89.9 Å². The molecule has 1 saturated heterocycles. The summed E-state index contributed by atoms with van der Waals surface area (Å²) in [5, 5.41) is 19.1. The summed E-state index contributed by atoms with van der Waals surface area (Å²) in [4.78, 5) is 18.9. The Morgan fingerprint density at radius 1 is 0.982 bits per heavy atom. The maximum Gasteiger partial charge on any atom is 0.472 e. The molecule has 0 aliphatic carbocycles. The zero-order chi connectivity index (χ0) is 39.2. The van der Waals surface area contributed by atoms with E-state index in [0.717, 1.165) is 24.1 Å². The summed E-state index contributed by atoms with van der Waals surface area (Å²) in [6.07, 6.45) is 21.9. The molecule has 1 fully saturated rings. The van der Waals surface area contributed by atoms with Gasteiger partial charge >= 0.3 is 7.82 Å². The molecule has 15 heteroatoms. The van der Waals surface area contributed by atoms with E-state index in [-0.39, 0.29) is 26.2 Å². The number of phosphoric acid groups is 1. The molecule has 4 atom stereocenters. The number of nitrogens with zero attached hydrogens (tertiary/aromatic N) is 5. The van der Waals surface area contributed by atoms with Crippen LogP contribution in [0.15, 0.2) is 35.5 Å². The van der Waals surface area contributed by atoms with Crippen molar-refractivity contribution in [2.75, 3.05) is 38.5 Å². The van der Waals surface area contributed by atoms with Crippen LogP contribution in [0.25, 0.3) is 0 Å². The molecule has 0 bridgehead atoms. The molecule has 4 heterocycles. The van der Waals surface area contributed by atoms with Gasteiger partial charge in [-0.3, -0.25) is 13.7 Å². The van der Waals surface area contributed by atoms with Crippen molar-refractivity contribution in [3.05, 3.63) is 53.1 Å². The second-order valence-electron chi connectivity index (χ2n) is 14.6. The summed E-state index contributed by atoms with van der Waals surface area (Å²) >= 11 is 0. The number of hydrogen-bond donors (Lipinski definition) is 3. The van der Waals surface area contributed by atoms with E-state index in [1.807, 2.05) is 18.2 Å². The number of nitrogens with one attached hydrogen (secondary N) is 1. The molecule has 2 aliphatic heterocycles. The lowest BCUT2D eigenvalue weighted by Gasteiger charge is -2.25. The Hall–Kier alpha value is -3.33. The fourth-order valence-electron chi connectivity index (χ4n) is 6.84. The lowest BCUT2D eigenvalue weighted by molar-refractivity contribution is -0.0590. The SMILES string of the molecule is CCCCCCCCCCCCCCCCCCOCC(COP(=O)(O)OCC1(C#N)CCC(c2ccc3n2NCN=C3N)O1)OCc1ccc(C#N)nc1. The first-order chi connectivity index (χ1) is 26.8. The second kappa shape index (κ2) is 24.3. The molecule has 4 unspecified atom stereocenters. The molecule has 0 amide bonds. The number of ether oxygens (including phenoxy) is 3. The molecule has 0 saturated carbocycles. The summed E-state index contributed by atoms with van der Waals surface area (Å²) in [5.41, 5.74) is 10.2. The van der Waals surface area contributed by atoms with Crippen molar-refractivity contribution in [2.45, 2.75) is 147 Å². The number of hydrogen-bond acceptors (Lipinski definition) is 12. The minimum atomic E-state index is -4.61. The van der Waals surface area contributed by atoms with Crippen LogP contribution in [0, 0.1) is 22.7 Å². The smallest absolute Gasteiger partial charge is 0.382 e. The molecule has 2 aliphatic rings. The summed E-state index contributed by atoms with van der Waals surface area (Å²) < 4.78 is 43.5. The van der Waals surface area contributed by atoms with Gasteiger partial charge in [-0.2, -0.15) is 10.5 Å². The third kappa shape index (κ3) is 15.6. The Balaban J connectivity index is 1.14. The molecule has 4 N–H and O–H groups in total. The zero-order valence-electron chi connectivity index (χ0n) is 32.7. The lowest BCUT2D eigenvalue weighted by atomic mass is 10.0. The molecule has 2 aromatic heterocycles. The van der Waals surface area contributed by atoms with Crippen LogP contribution < -0.4 is 11.2 Å². The normalized spacial score (nSPS) is 19.5. The molecular weight excluding hydrogens is 721 g/mol. The molecule has 4 rings (SSSR count). The van der Waals surface area contributed by atoms with Gasteiger partial charge in [0.05, 0.1) is 25.5 Å². The van der Waals surface area contributed by atoms with Crippen LogP contribution in [-0.2, 0) is 34.4 Å². The minimum absolute atomic E-state index is 0.133. The van der Waals surface area contributed by atoms with Gasteiger partial charge in [-0.25, -0.2) is 14.5 Å². The number of amidine groups is 1. The topological polar surface area (TPSA) is 199 Å². The minimum Gasteiger partial charge on any atom is -0.382 e. The van der Waals surface area contributed by atoms with Gasteiger partial charge in [0.2, 0.25) is 0 Å². The van der Waals surface area contributed by atoms with Crippen LogP contribution in [0.2, 0.25) is 0 Å². The predicted molar refractivity (Wildman–Crippen MR) is 210 cm³/mol. The van der Waals surface area contributed by atoms with Gasteiger partial charge < -0.3 is 30.3 Å². The largest absolute Gasteiger partial charge is 0.472 e. The Bertz CT molecular complexity index is 1570. The molecule has 14 nitrogen and oxygen atoms in total. The van der Waals surface area contributed by atoms with Gasteiger partial charge in [0.15, 0.2) is 5.60 Å². The fourth-order valence-corrected chi connectivity index (χ4v) is 7.64. The first kappa shape index (κ1) is 44.4. The average molecular weight is 784 g/mol. The van der Waals surface area contributed by atoms with Gasteiger partial charge in [0.25, 0.3) is 0 Å². The highest BCUT2D eigenvalue weighted by Gasteiger charge is 2.45. The predicted octanol–water partition coefficient (Wildman–Crippen LogP) is 8.09. The van der Waals surface area contributed by atoms with Crippen molar-refractivity contribution in [3.8, 4) is 12.1 Å². The number of unbranched alkanes of at least 4 members (excludes halogenated alkanes) is 15. The van der Waals surface area contributed by atoms with Crippen LogP contribution in [0.4, 0.5) is 0 Å². The highest BCUT2D eigenvalue weighted by molar-refractivity contribution is 7.47. The summed E-state index contributed by atoms with van der Waals surface area (Å²) in [6, 6.07) is 11.1. The molecule has 55 heavy (non-hydrogen) atoms. The lowest BCUT2D eigenvalue weighted by Crippen LogP contribution is -2.34. The number of rotatable bonds is 29. The van der Waals surface area contributed by atoms with Crippen LogP contribution in [0.1, 0.15) is 151 Å². The molecular formula is C40H62N7O7P. The molecule has 304 valence electrons. The van der Waals surface area contributed by atoms with E-state index in [2.05, 4.69) is 28.4 Å². The Labute approximate surface area is 327 Å². The van der Waals surface area contributed by atoms with Gasteiger partial charge in [0, 0.05) is 12.8 Å². The van der Waals surface area contributed by atoms with Crippen molar-refractivity contribution in [1.82, 2.24) is 9.66 Å². The van der Waals surface area contributed by atoms with E-state index in [0.29, 0.717) is 36.9 Å². The van der Waals surface area contributed by atoms with Gasteiger partial charge in [-0.1, -0.05) is 109 Å². The molecule has 0 radical (unpaired) electrons. The highest BCUT2D eigenvalue weighted by atomic mass is 31.2. The number of nitrogens with two attached hydrogens (primary N) is 1. The van der Waals surface area contributed by atoms with Crippen molar-refractivity contribution < 1.29 is 32.7 Å². The Morgan fingerprint density at radius 3 is 2.27 bits per heavy atom. The number of nitriles is 2. The Kier molecular flexibility index (Phi) is 19.6. The van der Waals surface area contributed by atoms with Crippen LogP contribution in [0.5, 0.6) is 0 Å². The number of aromatic nitrogens is 2. The molecule has 0 spiro atoms. The maximum atomic E-state index is 13.0. The fraction of sp³-hybridized carbons (Fsp3) is 0.700. The first-order valence-corrected chi connectivity index (χ1v) is 21.8. The van der Waals surface area contributed by atoms with Gasteiger partial charge in [-0.05, 0) is 43.0 Å². The third-order valence-electron chi connectivity index (χ3n) is 10.1. The number of phosphoric ester groups is 1. The second-order valence-corrected chi connectivity index (χ2v) is 16.1. The number of pyridine rings is 1. The first-order valence-electron chi connectivity index (χ1n) is 20.3. The highest BCUT2D eigenvalue weighted by Crippen LogP contribution is 2.47. The van der Waals surface area contributed by atoms with Crippen molar-refractivity contribution in [2.24, 2.45) is 10.7 Å². The monoisotopic (exact) mass is 783 g/mol. The standard InChI is InChI=1S/C40H62N7O7P/c1-2-3-4-5-6-7-8-9-10-11-12-13-14-15-16-17-24-50-28-35(51-27-33-18-19-34(25-41)44-26-33)29-52-55(48,49)53-31-40(30-42)23-22-38(54-40)36-20-21-37-39(43)45-32-46-47(36)37/h18-21,26,35,38,46H,2-17,22-24,27-29,31-32H2,1H3,(H2,43,45)(H,48,49). The molecule has 2 aromatic rings. The van der Waals surface area contributed by atoms with Crippen molar-refractivity contribution in [1.29, 1.82) is 10.5 Å². The summed E-state index contributed by atoms with van der Waals surface area (Å²) in [5.74, 6) is 0.401. The Morgan fingerprint density at radius 2 is 1.65 bits per heavy atom. The van der Waals surface area contributed by atoms with E-state index < -0.39 is 32.2 Å². The van der Waals surface area contributed by atoms with Crippen LogP contribution in [0.3, 0.4) is 0 Å². The van der Waals surface area contributed by atoms with Crippen molar-refractivity contribution in [3.63, 3.8) is 0 Å². The summed E-state index contributed by atoms with van der Waals surface area (Å²) in [6.45, 7) is 2.63. The van der Waals surface area contributed by atoms with Crippen LogP contribution in [-0.4, -0.2) is 65.2 Å². The van der Waals surface area contributed by atoms with E-state index in [1.54, 1.807) is 23.0 Å². The maximum absolute atomic E-state index is 13.0. The van der Waals surface area contributed by atoms with E-state index >= 15 is 0 Å². The van der Waals surface area contributed by atoms with E-state index in [4.69, 9.17) is 34.3 Å². The van der Waals surface area contributed by atoms with Crippen LogP contribution >= 0.6 is 7.82 Å². The number of aliphatic imine (C=N–C) groups is 1.